The Morgan fingerprint density at radius 1 is 1.19 bits per heavy atom. The molecule has 0 radical (unpaired) electrons. The average Bonchev–Trinajstić information content (AvgIpc) is 2.46. The highest BCUT2D eigenvalue weighted by Crippen LogP contribution is 2.18. The van der Waals surface area contributed by atoms with Gasteiger partial charge < -0.3 is 5.32 Å². The third-order valence-corrected chi connectivity index (χ3v) is 3.97. The summed E-state index contributed by atoms with van der Waals surface area (Å²) in [4.78, 5) is 12.2. The summed E-state index contributed by atoms with van der Waals surface area (Å²) in [7, 11) is 0. The second-order valence-electron chi connectivity index (χ2n) is 5.25. The van der Waals surface area contributed by atoms with Crippen LogP contribution in [0.2, 0.25) is 0 Å². The summed E-state index contributed by atoms with van der Waals surface area (Å²) in [5.74, 6) is 0.0560. The molecular weight excluding hydrogens is 326 g/mol. The molecule has 1 N–H and O–H groups in total. The molecule has 0 aliphatic carbocycles. The molecule has 1 unspecified atom stereocenters. The maximum atomic E-state index is 12.2. The molecule has 0 heterocycles. The topological polar surface area (TPSA) is 29.1 Å². The minimum atomic E-state index is 0.0560. The van der Waals surface area contributed by atoms with Gasteiger partial charge in [-0.2, -0.15) is 0 Å². The third kappa shape index (κ3) is 4.71. The molecule has 0 fully saturated rings. The lowest BCUT2D eigenvalue weighted by Gasteiger charge is -2.18. The second-order valence-corrected chi connectivity index (χ2v) is 6.16. The molecule has 2 aromatic rings. The Hall–Kier alpha value is -1.61. The molecule has 2 nitrogen and oxygen atoms in total. The van der Waals surface area contributed by atoms with Gasteiger partial charge in [-0.05, 0) is 36.6 Å². The SMILES string of the molecule is CCC(NC(=O)Cc1cccc(Br)c1)c1ccc(C)cc1. The van der Waals surface area contributed by atoms with Gasteiger partial charge in [-0.3, -0.25) is 4.79 Å². The summed E-state index contributed by atoms with van der Waals surface area (Å²) in [6.45, 7) is 4.15. The van der Waals surface area contributed by atoms with Crippen LogP contribution in [0.15, 0.2) is 53.0 Å². The summed E-state index contributed by atoms with van der Waals surface area (Å²) in [6.07, 6.45) is 1.29. The molecule has 110 valence electrons. The summed E-state index contributed by atoms with van der Waals surface area (Å²) >= 11 is 3.43. The van der Waals surface area contributed by atoms with Gasteiger partial charge >= 0.3 is 0 Å². The van der Waals surface area contributed by atoms with E-state index >= 15 is 0 Å². The van der Waals surface area contributed by atoms with E-state index in [1.807, 2.05) is 24.3 Å². The Labute approximate surface area is 134 Å². The number of carbonyl (C=O) groups excluding carboxylic acids is 1. The smallest absolute Gasteiger partial charge is 0.224 e. The van der Waals surface area contributed by atoms with Crippen molar-refractivity contribution in [3.05, 3.63) is 69.7 Å². The van der Waals surface area contributed by atoms with Gasteiger partial charge in [-0.15, -0.1) is 0 Å². The molecule has 21 heavy (non-hydrogen) atoms. The van der Waals surface area contributed by atoms with Crippen molar-refractivity contribution in [2.45, 2.75) is 32.7 Å². The largest absolute Gasteiger partial charge is 0.349 e. The van der Waals surface area contributed by atoms with E-state index in [0.29, 0.717) is 6.42 Å². The number of carbonyl (C=O) groups is 1. The van der Waals surface area contributed by atoms with Gasteiger partial charge in [0.1, 0.15) is 0 Å². The van der Waals surface area contributed by atoms with Crippen LogP contribution in [0, 0.1) is 6.92 Å². The highest BCUT2D eigenvalue weighted by molar-refractivity contribution is 9.10. The highest BCUT2D eigenvalue weighted by Gasteiger charge is 2.13. The average molecular weight is 346 g/mol. The number of aryl methyl sites for hydroxylation is 1. The van der Waals surface area contributed by atoms with Crippen molar-refractivity contribution in [3.63, 3.8) is 0 Å². The van der Waals surface area contributed by atoms with E-state index < -0.39 is 0 Å². The van der Waals surface area contributed by atoms with E-state index in [-0.39, 0.29) is 11.9 Å². The van der Waals surface area contributed by atoms with Crippen molar-refractivity contribution < 1.29 is 4.79 Å². The number of rotatable bonds is 5. The predicted molar refractivity (Wildman–Crippen MR) is 90.2 cm³/mol. The molecule has 0 spiro atoms. The molecule has 2 aromatic carbocycles. The fourth-order valence-corrected chi connectivity index (χ4v) is 2.74. The van der Waals surface area contributed by atoms with Crippen LogP contribution in [0.5, 0.6) is 0 Å². The van der Waals surface area contributed by atoms with E-state index in [2.05, 4.69) is 59.4 Å². The lowest BCUT2D eigenvalue weighted by atomic mass is 10.0. The summed E-state index contributed by atoms with van der Waals surface area (Å²) < 4.78 is 0.998. The fraction of sp³-hybridized carbons (Fsp3) is 0.278. The molecular formula is C18H20BrNO. The van der Waals surface area contributed by atoms with Crippen LogP contribution in [0.25, 0.3) is 0 Å². The zero-order valence-corrected chi connectivity index (χ0v) is 14.0. The maximum Gasteiger partial charge on any atom is 0.224 e. The van der Waals surface area contributed by atoms with Crippen LogP contribution in [-0.2, 0) is 11.2 Å². The van der Waals surface area contributed by atoms with Crippen molar-refractivity contribution in [2.24, 2.45) is 0 Å². The first-order valence-electron chi connectivity index (χ1n) is 7.19. The zero-order chi connectivity index (χ0) is 15.2. The number of halogens is 1. The number of hydrogen-bond donors (Lipinski definition) is 1. The highest BCUT2D eigenvalue weighted by atomic mass is 79.9. The zero-order valence-electron chi connectivity index (χ0n) is 12.4. The third-order valence-electron chi connectivity index (χ3n) is 3.48. The van der Waals surface area contributed by atoms with Gasteiger partial charge in [0, 0.05) is 4.47 Å². The van der Waals surface area contributed by atoms with E-state index in [0.717, 1.165) is 22.0 Å². The van der Waals surface area contributed by atoms with Crippen LogP contribution in [0.4, 0.5) is 0 Å². The van der Waals surface area contributed by atoms with Crippen LogP contribution < -0.4 is 5.32 Å². The van der Waals surface area contributed by atoms with Crippen molar-refractivity contribution in [1.82, 2.24) is 5.32 Å². The predicted octanol–water partition coefficient (Wildman–Crippen LogP) is 4.57. The second kappa shape index (κ2) is 7.41. The van der Waals surface area contributed by atoms with Crippen LogP contribution in [-0.4, -0.2) is 5.91 Å². The maximum absolute atomic E-state index is 12.2. The molecule has 0 saturated heterocycles. The molecule has 0 aliphatic heterocycles. The van der Waals surface area contributed by atoms with Gasteiger partial charge in [0.05, 0.1) is 12.5 Å². The number of amides is 1. The molecule has 3 heteroatoms. The van der Waals surface area contributed by atoms with Crippen molar-refractivity contribution in [3.8, 4) is 0 Å². The van der Waals surface area contributed by atoms with Crippen LogP contribution in [0.3, 0.4) is 0 Å². The molecule has 0 aromatic heterocycles. The van der Waals surface area contributed by atoms with Gasteiger partial charge in [0.25, 0.3) is 0 Å². The van der Waals surface area contributed by atoms with Crippen molar-refractivity contribution in [1.29, 1.82) is 0 Å². The lowest BCUT2D eigenvalue weighted by Crippen LogP contribution is -2.29. The Bertz CT molecular complexity index is 607. The Morgan fingerprint density at radius 2 is 1.90 bits per heavy atom. The van der Waals surface area contributed by atoms with E-state index in [1.165, 1.54) is 5.56 Å². The van der Waals surface area contributed by atoms with Crippen LogP contribution >= 0.6 is 15.9 Å². The molecule has 1 amide bonds. The Balaban J connectivity index is 2.01. The van der Waals surface area contributed by atoms with Crippen LogP contribution in [0.1, 0.15) is 36.1 Å². The Morgan fingerprint density at radius 3 is 2.52 bits per heavy atom. The summed E-state index contributed by atoms with van der Waals surface area (Å²) in [5, 5.41) is 3.12. The molecule has 2 rings (SSSR count). The molecule has 0 bridgehead atoms. The Kier molecular flexibility index (Phi) is 5.57. The minimum absolute atomic E-state index is 0.0560. The first-order chi connectivity index (χ1) is 10.1. The monoisotopic (exact) mass is 345 g/mol. The molecule has 1 atom stereocenters. The van der Waals surface area contributed by atoms with Crippen molar-refractivity contribution >= 4 is 21.8 Å². The van der Waals surface area contributed by atoms with Gasteiger partial charge in [0.2, 0.25) is 5.91 Å². The summed E-state index contributed by atoms with van der Waals surface area (Å²) in [6, 6.07) is 16.3. The van der Waals surface area contributed by atoms with Gasteiger partial charge in [0.15, 0.2) is 0 Å². The van der Waals surface area contributed by atoms with E-state index in [9.17, 15) is 4.79 Å². The first-order valence-corrected chi connectivity index (χ1v) is 7.98. The minimum Gasteiger partial charge on any atom is -0.349 e. The van der Waals surface area contributed by atoms with E-state index in [1.54, 1.807) is 0 Å². The standard InChI is InChI=1S/C18H20BrNO/c1-3-17(15-9-7-13(2)8-10-15)20-18(21)12-14-5-4-6-16(19)11-14/h4-11,17H,3,12H2,1-2H3,(H,20,21). The van der Waals surface area contributed by atoms with Gasteiger partial charge in [-0.25, -0.2) is 0 Å². The normalized spacial score (nSPS) is 12.0. The first kappa shape index (κ1) is 15.8. The van der Waals surface area contributed by atoms with Gasteiger partial charge in [-0.1, -0.05) is 64.8 Å². The van der Waals surface area contributed by atoms with Crippen molar-refractivity contribution in [2.75, 3.05) is 0 Å². The fourth-order valence-electron chi connectivity index (χ4n) is 2.30. The number of nitrogens with one attached hydrogen (secondary N) is 1. The number of benzene rings is 2. The molecule has 0 saturated carbocycles. The summed E-state index contributed by atoms with van der Waals surface area (Å²) in [5.41, 5.74) is 3.40. The number of hydrogen-bond acceptors (Lipinski definition) is 1. The van der Waals surface area contributed by atoms with E-state index in [4.69, 9.17) is 0 Å². The molecule has 0 aliphatic rings. The lowest BCUT2D eigenvalue weighted by molar-refractivity contribution is -0.121. The quantitative estimate of drug-likeness (QED) is 0.844.